The van der Waals surface area contributed by atoms with Crippen molar-refractivity contribution in [3.8, 4) is 11.5 Å². The predicted octanol–water partition coefficient (Wildman–Crippen LogP) is 3.36. The molecule has 2 aromatic heterocycles. The first kappa shape index (κ1) is 16.2. The number of rotatable bonds is 3. The van der Waals surface area contributed by atoms with Gasteiger partial charge in [0.25, 0.3) is 0 Å². The van der Waals surface area contributed by atoms with Crippen LogP contribution in [0, 0.1) is 5.82 Å². The first-order valence-electron chi connectivity index (χ1n) is 8.20. The molecule has 2 amide bonds. The average molecular weight is 356 g/mol. The summed E-state index contributed by atoms with van der Waals surface area (Å²) in [6, 6.07) is 6.21. The number of pyridine rings is 1. The molecule has 1 aromatic carbocycles. The number of carbonyl (C=O) groups is 1. The van der Waals surface area contributed by atoms with Crippen LogP contribution in [0.2, 0.25) is 0 Å². The summed E-state index contributed by atoms with van der Waals surface area (Å²) in [6.45, 7) is 2.90. The van der Waals surface area contributed by atoms with Crippen molar-refractivity contribution in [1.29, 1.82) is 0 Å². The van der Waals surface area contributed by atoms with Crippen LogP contribution in [0.4, 0.5) is 14.9 Å². The van der Waals surface area contributed by atoms with Crippen LogP contribution in [0.3, 0.4) is 0 Å². The normalized spacial score (nSPS) is 14.1. The maximum atomic E-state index is 13.4. The number of fused-ring (bicyclic) bond motifs is 2. The third-order valence-electron chi connectivity index (χ3n) is 4.16. The highest BCUT2D eigenvalue weighted by atomic mass is 19.1. The lowest BCUT2D eigenvalue weighted by Gasteiger charge is -2.21. The molecule has 26 heavy (non-hydrogen) atoms. The second-order valence-corrected chi connectivity index (χ2v) is 5.98. The number of benzene rings is 1. The zero-order valence-electron chi connectivity index (χ0n) is 14.0. The van der Waals surface area contributed by atoms with Gasteiger partial charge in [-0.15, -0.1) is 0 Å². The topological polar surface area (TPSA) is 88.3 Å². The van der Waals surface area contributed by atoms with Crippen LogP contribution in [0.25, 0.3) is 11.0 Å². The van der Waals surface area contributed by atoms with E-state index in [9.17, 15) is 9.18 Å². The minimum Gasteiger partial charge on any atom is -0.486 e. The quantitative estimate of drug-likeness (QED) is 0.671. The Hall–Kier alpha value is -3.29. The van der Waals surface area contributed by atoms with Gasteiger partial charge in [0.05, 0.1) is 17.9 Å². The lowest BCUT2D eigenvalue weighted by atomic mass is 10.1. The Morgan fingerprint density at radius 1 is 1.27 bits per heavy atom. The van der Waals surface area contributed by atoms with Gasteiger partial charge in [-0.25, -0.2) is 14.2 Å². The Morgan fingerprint density at radius 3 is 2.92 bits per heavy atom. The number of H-pyrrole nitrogens is 1. The minimum absolute atomic E-state index is 0.258. The lowest BCUT2D eigenvalue weighted by Crippen LogP contribution is -2.31. The van der Waals surface area contributed by atoms with Crippen LogP contribution in [0.5, 0.6) is 11.5 Å². The zero-order chi connectivity index (χ0) is 18.1. The summed E-state index contributed by atoms with van der Waals surface area (Å²) >= 11 is 0. The van der Waals surface area contributed by atoms with E-state index in [2.05, 4.69) is 20.6 Å². The van der Waals surface area contributed by atoms with Crippen molar-refractivity contribution < 1.29 is 18.7 Å². The summed E-state index contributed by atoms with van der Waals surface area (Å²) in [4.78, 5) is 19.1. The summed E-state index contributed by atoms with van der Waals surface area (Å²) in [5.74, 6) is 0.899. The molecule has 4 rings (SSSR count). The molecule has 3 heterocycles. The molecule has 0 aliphatic carbocycles. The second kappa shape index (κ2) is 6.55. The van der Waals surface area contributed by atoms with Crippen molar-refractivity contribution >= 4 is 22.8 Å². The van der Waals surface area contributed by atoms with E-state index in [4.69, 9.17) is 9.47 Å². The van der Waals surface area contributed by atoms with Crippen LogP contribution in [-0.2, 0) is 0 Å². The number of nitrogens with zero attached hydrogens (tertiary/aromatic N) is 1. The molecule has 1 aliphatic heterocycles. The summed E-state index contributed by atoms with van der Waals surface area (Å²) in [7, 11) is 0. The van der Waals surface area contributed by atoms with E-state index in [0.29, 0.717) is 41.4 Å². The molecule has 134 valence electrons. The van der Waals surface area contributed by atoms with Crippen LogP contribution < -0.4 is 20.1 Å². The van der Waals surface area contributed by atoms with E-state index in [1.54, 1.807) is 6.20 Å². The maximum Gasteiger partial charge on any atom is 0.319 e. The number of hydrogen-bond acceptors (Lipinski definition) is 4. The van der Waals surface area contributed by atoms with Gasteiger partial charge in [-0.05, 0) is 30.7 Å². The molecule has 0 saturated carbocycles. The van der Waals surface area contributed by atoms with Gasteiger partial charge in [0, 0.05) is 11.6 Å². The molecule has 3 aromatic rings. The molecule has 0 radical (unpaired) electrons. The summed E-state index contributed by atoms with van der Waals surface area (Å²) < 4.78 is 24.4. The van der Waals surface area contributed by atoms with Crippen molar-refractivity contribution in [2.45, 2.75) is 13.0 Å². The summed E-state index contributed by atoms with van der Waals surface area (Å²) in [5, 5.41) is 6.06. The first-order chi connectivity index (χ1) is 12.6. The average Bonchev–Trinajstić information content (AvgIpc) is 3.03. The maximum absolute atomic E-state index is 13.4. The van der Waals surface area contributed by atoms with Crippen molar-refractivity contribution in [3.05, 3.63) is 48.0 Å². The third kappa shape index (κ3) is 3.13. The molecular weight excluding hydrogens is 339 g/mol. The molecule has 0 fully saturated rings. The second-order valence-electron chi connectivity index (χ2n) is 5.98. The van der Waals surface area contributed by atoms with Gasteiger partial charge >= 0.3 is 6.03 Å². The molecule has 0 saturated heterocycles. The molecule has 0 spiro atoms. The van der Waals surface area contributed by atoms with Crippen LogP contribution in [0.1, 0.15) is 18.5 Å². The monoisotopic (exact) mass is 356 g/mol. The van der Waals surface area contributed by atoms with E-state index in [1.165, 1.54) is 6.07 Å². The largest absolute Gasteiger partial charge is 0.486 e. The fraction of sp³-hybridized carbons (Fsp3) is 0.222. The van der Waals surface area contributed by atoms with E-state index < -0.39 is 11.8 Å². The van der Waals surface area contributed by atoms with Crippen molar-refractivity contribution in [1.82, 2.24) is 15.3 Å². The fourth-order valence-corrected chi connectivity index (χ4v) is 2.85. The summed E-state index contributed by atoms with van der Waals surface area (Å²) in [6.07, 6.45) is 2.69. The Bertz CT molecular complexity index is 972. The highest BCUT2D eigenvalue weighted by molar-refractivity contribution is 5.99. The van der Waals surface area contributed by atoms with Gasteiger partial charge in [-0.3, -0.25) is 0 Å². The van der Waals surface area contributed by atoms with E-state index in [0.717, 1.165) is 11.8 Å². The number of aromatic amines is 1. The number of amides is 2. The van der Waals surface area contributed by atoms with Gasteiger partial charge in [-0.2, -0.15) is 0 Å². The fourth-order valence-electron chi connectivity index (χ4n) is 2.85. The van der Waals surface area contributed by atoms with Crippen LogP contribution >= 0.6 is 0 Å². The number of aromatic nitrogens is 2. The highest BCUT2D eigenvalue weighted by Crippen LogP contribution is 2.32. The number of ether oxygens (including phenoxy) is 2. The lowest BCUT2D eigenvalue weighted by molar-refractivity contribution is 0.171. The minimum atomic E-state index is -0.467. The number of urea groups is 1. The van der Waals surface area contributed by atoms with E-state index in [-0.39, 0.29) is 6.04 Å². The molecule has 8 heteroatoms. The van der Waals surface area contributed by atoms with Crippen molar-refractivity contribution in [2.24, 2.45) is 0 Å². The zero-order valence-corrected chi connectivity index (χ0v) is 14.0. The number of halogens is 1. The SMILES string of the molecule is CC(NC(=O)Nc1c[nH]c2ncc(F)cc12)c1ccc2c(c1)OCCO2. The molecule has 0 bridgehead atoms. The molecule has 3 N–H and O–H groups in total. The van der Waals surface area contributed by atoms with Crippen LogP contribution in [0.15, 0.2) is 36.7 Å². The number of hydrogen-bond donors (Lipinski definition) is 3. The third-order valence-corrected chi connectivity index (χ3v) is 4.16. The van der Waals surface area contributed by atoms with Crippen LogP contribution in [-0.4, -0.2) is 29.2 Å². The Morgan fingerprint density at radius 2 is 2.08 bits per heavy atom. The number of anilines is 1. The molecule has 7 nitrogen and oxygen atoms in total. The van der Waals surface area contributed by atoms with Gasteiger partial charge in [-0.1, -0.05) is 6.07 Å². The smallest absolute Gasteiger partial charge is 0.319 e. The number of carbonyl (C=O) groups excluding carboxylic acids is 1. The molecule has 1 aliphatic rings. The van der Waals surface area contributed by atoms with Crippen molar-refractivity contribution in [3.63, 3.8) is 0 Å². The summed E-state index contributed by atoms with van der Waals surface area (Å²) in [5.41, 5.74) is 1.84. The molecule has 1 unspecified atom stereocenters. The standard InChI is InChI=1S/C18H17FN4O3/c1-10(11-2-3-15-16(6-11)26-5-4-25-15)22-18(24)23-14-9-21-17-13(14)7-12(19)8-20-17/h2-3,6-10H,4-5H2,1H3,(H,20,21)(H2,22,23,24). The van der Waals surface area contributed by atoms with Gasteiger partial charge in [0.15, 0.2) is 11.5 Å². The van der Waals surface area contributed by atoms with Crippen molar-refractivity contribution in [2.75, 3.05) is 18.5 Å². The Balaban J connectivity index is 1.46. The number of nitrogens with one attached hydrogen (secondary N) is 3. The van der Waals surface area contributed by atoms with Gasteiger partial charge < -0.3 is 25.1 Å². The Kier molecular flexibility index (Phi) is 4.08. The van der Waals surface area contributed by atoms with E-state index in [1.807, 2.05) is 25.1 Å². The van der Waals surface area contributed by atoms with Gasteiger partial charge in [0.2, 0.25) is 0 Å². The molecular formula is C18H17FN4O3. The highest BCUT2D eigenvalue weighted by Gasteiger charge is 2.16. The van der Waals surface area contributed by atoms with E-state index >= 15 is 0 Å². The molecule has 1 atom stereocenters. The van der Waals surface area contributed by atoms with Gasteiger partial charge in [0.1, 0.15) is 24.7 Å². The Labute approximate surface area is 148 Å². The predicted molar refractivity (Wildman–Crippen MR) is 94.1 cm³/mol. The first-order valence-corrected chi connectivity index (χ1v) is 8.20.